The number of rotatable bonds is 3. The zero-order valence-corrected chi connectivity index (χ0v) is 10.2. The Bertz CT molecular complexity index is 603. The van der Waals surface area contributed by atoms with E-state index in [1.165, 1.54) is 42.5 Å². The molecular weight excluding hydrogens is 272 g/mol. The first-order valence-corrected chi connectivity index (χ1v) is 5.68. The van der Waals surface area contributed by atoms with Crippen molar-refractivity contribution >= 4 is 11.9 Å². The van der Waals surface area contributed by atoms with E-state index in [1.54, 1.807) is 0 Å². The van der Waals surface area contributed by atoms with E-state index in [9.17, 15) is 17.6 Å². The molecule has 0 spiro atoms. The van der Waals surface area contributed by atoms with Gasteiger partial charge in [-0.3, -0.25) is 5.43 Å². The van der Waals surface area contributed by atoms with Crippen molar-refractivity contribution in [2.75, 3.05) is 5.43 Å². The average molecular weight is 282 g/mol. The molecule has 0 saturated carbocycles. The third-order valence-electron chi connectivity index (χ3n) is 2.51. The van der Waals surface area contributed by atoms with Crippen LogP contribution in [0.15, 0.2) is 53.6 Å². The Morgan fingerprint density at radius 3 is 2.25 bits per heavy atom. The quantitative estimate of drug-likeness (QED) is 0.507. The number of halogens is 4. The van der Waals surface area contributed by atoms with Crippen LogP contribution >= 0.6 is 0 Å². The Balaban J connectivity index is 2.14. The van der Waals surface area contributed by atoms with E-state index < -0.39 is 17.6 Å². The van der Waals surface area contributed by atoms with Gasteiger partial charge >= 0.3 is 6.18 Å². The number of anilines is 1. The summed E-state index contributed by atoms with van der Waals surface area (Å²) in [5, 5.41) is 3.72. The van der Waals surface area contributed by atoms with Gasteiger partial charge in [0.05, 0.1) is 17.5 Å². The predicted molar refractivity (Wildman–Crippen MR) is 69.1 cm³/mol. The van der Waals surface area contributed by atoms with Gasteiger partial charge in [-0.25, -0.2) is 4.39 Å². The number of hydrogen-bond donors (Lipinski definition) is 1. The van der Waals surface area contributed by atoms with Gasteiger partial charge in [0.1, 0.15) is 5.82 Å². The van der Waals surface area contributed by atoms with Crippen LogP contribution < -0.4 is 5.43 Å². The van der Waals surface area contributed by atoms with Gasteiger partial charge in [0, 0.05) is 5.56 Å². The fourth-order valence-electron chi connectivity index (χ4n) is 1.57. The molecule has 0 aliphatic carbocycles. The standard InChI is InChI=1S/C14H10F4N2/c15-11-5-7-12(8-6-11)20-19-9-10-3-1-2-4-13(10)14(16,17)18/h1-9,20H/b19-9+. The number of alkyl halides is 3. The Morgan fingerprint density at radius 1 is 0.950 bits per heavy atom. The van der Waals surface area contributed by atoms with Crippen LogP contribution in [0.25, 0.3) is 0 Å². The fourth-order valence-corrected chi connectivity index (χ4v) is 1.57. The minimum absolute atomic E-state index is 0.0467. The lowest BCUT2D eigenvalue weighted by Crippen LogP contribution is -2.08. The topological polar surface area (TPSA) is 24.4 Å². The zero-order valence-electron chi connectivity index (χ0n) is 10.2. The monoisotopic (exact) mass is 282 g/mol. The van der Waals surface area contributed by atoms with Gasteiger partial charge in [-0.2, -0.15) is 18.3 Å². The van der Waals surface area contributed by atoms with Crippen molar-refractivity contribution < 1.29 is 17.6 Å². The van der Waals surface area contributed by atoms with E-state index in [0.717, 1.165) is 12.3 Å². The van der Waals surface area contributed by atoms with Crippen LogP contribution in [-0.2, 0) is 6.18 Å². The Labute approximate surface area is 112 Å². The maximum atomic E-state index is 12.7. The van der Waals surface area contributed by atoms with Crippen molar-refractivity contribution in [3.63, 3.8) is 0 Å². The van der Waals surface area contributed by atoms with Gasteiger partial charge in [0.15, 0.2) is 0 Å². The minimum Gasteiger partial charge on any atom is -0.279 e. The van der Waals surface area contributed by atoms with E-state index in [-0.39, 0.29) is 5.56 Å². The maximum absolute atomic E-state index is 12.7. The van der Waals surface area contributed by atoms with Crippen LogP contribution in [0.3, 0.4) is 0 Å². The molecule has 20 heavy (non-hydrogen) atoms. The summed E-state index contributed by atoms with van der Waals surface area (Å²) in [4.78, 5) is 0. The van der Waals surface area contributed by atoms with E-state index in [4.69, 9.17) is 0 Å². The van der Waals surface area contributed by atoms with Crippen LogP contribution in [0.5, 0.6) is 0 Å². The second-order valence-corrected chi connectivity index (χ2v) is 3.96. The van der Waals surface area contributed by atoms with Crippen LogP contribution in [0.1, 0.15) is 11.1 Å². The van der Waals surface area contributed by atoms with E-state index >= 15 is 0 Å². The summed E-state index contributed by atoms with van der Waals surface area (Å²) in [6, 6.07) is 10.4. The highest BCUT2D eigenvalue weighted by molar-refractivity contribution is 5.82. The lowest BCUT2D eigenvalue weighted by Gasteiger charge is -2.09. The number of benzene rings is 2. The van der Waals surface area contributed by atoms with Crippen LogP contribution in [0, 0.1) is 5.82 Å². The normalized spacial score (nSPS) is 11.8. The number of hydrogen-bond acceptors (Lipinski definition) is 2. The number of nitrogens with zero attached hydrogens (tertiary/aromatic N) is 1. The molecule has 0 amide bonds. The smallest absolute Gasteiger partial charge is 0.279 e. The zero-order chi connectivity index (χ0) is 14.6. The molecule has 0 aliphatic rings. The number of hydrazone groups is 1. The Morgan fingerprint density at radius 2 is 1.60 bits per heavy atom. The highest BCUT2D eigenvalue weighted by Crippen LogP contribution is 2.31. The molecule has 1 N–H and O–H groups in total. The van der Waals surface area contributed by atoms with E-state index in [1.807, 2.05) is 0 Å². The summed E-state index contributed by atoms with van der Waals surface area (Å²) >= 11 is 0. The van der Waals surface area contributed by atoms with Crippen molar-refractivity contribution in [2.24, 2.45) is 5.10 Å². The predicted octanol–water partition coefficient (Wildman–Crippen LogP) is 4.29. The SMILES string of the molecule is Fc1ccc(N/N=C/c2ccccc2C(F)(F)F)cc1. The molecule has 0 saturated heterocycles. The molecule has 2 nitrogen and oxygen atoms in total. The van der Waals surface area contributed by atoms with Gasteiger partial charge in [-0.1, -0.05) is 18.2 Å². The minimum atomic E-state index is -4.43. The maximum Gasteiger partial charge on any atom is 0.417 e. The molecule has 0 aromatic heterocycles. The third-order valence-corrected chi connectivity index (χ3v) is 2.51. The molecule has 0 radical (unpaired) electrons. The lowest BCUT2D eigenvalue weighted by atomic mass is 10.1. The van der Waals surface area contributed by atoms with Crippen molar-refractivity contribution in [3.8, 4) is 0 Å². The molecule has 0 heterocycles. The fraction of sp³-hybridized carbons (Fsp3) is 0.0714. The van der Waals surface area contributed by atoms with Crippen LogP contribution in [-0.4, -0.2) is 6.21 Å². The van der Waals surface area contributed by atoms with Crippen molar-refractivity contribution in [1.29, 1.82) is 0 Å². The Hall–Kier alpha value is -2.37. The molecule has 0 bridgehead atoms. The van der Waals surface area contributed by atoms with Crippen molar-refractivity contribution in [3.05, 3.63) is 65.5 Å². The van der Waals surface area contributed by atoms with Gasteiger partial charge in [0.25, 0.3) is 0 Å². The molecule has 0 aliphatic heterocycles. The lowest BCUT2D eigenvalue weighted by molar-refractivity contribution is -0.137. The molecule has 6 heteroatoms. The highest BCUT2D eigenvalue weighted by atomic mass is 19.4. The second-order valence-electron chi connectivity index (χ2n) is 3.96. The average Bonchev–Trinajstić information content (AvgIpc) is 2.40. The molecule has 104 valence electrons. The summed E-state index contributed by atoms with van der Waals surface area (Å²) in [7, 11) is 0. The van der Waals surface area contributed by atoms with Crippen LogP contribution in [0.2, 0.25) is 0 Å². The summed E-state index contributed by atoms with van der Waals surface area (Å²) < 4.78 is 50.8. The molecule has 0 fully saturated rings. The van der Waals surface area contributed by atoms with E-state index in [0.29, 0.717) is 5.69 Å². The third kappa shape index (κ3) is 3.57. The molecule has 0 atom stereocenters. The largest absolute Gasteiger partial charge is 0.417 e. The second kappa shape index (κ2) is 5.73. The van der Waals surface area contributed by atoms with Gasteiger partial charge in [0.2, 0.25) is 0 Å². The summed E-state index contributed by atoms with van der Waals surface area (Å²) in [6.45, 7) is 0. The summed E-state index contributed by atoms with van der Waals surface area (Å²) in [5.74, 6) is -0.401. The van der Waals surface area contributed by atoms with E-state index in [2.05, 4.69) is 10.5 Å². The van der Waals surface area contributed by atoms with Crippen LogP contribution in [0.4, 0.5) is 23.2 Å². The first-order valence-electron chi connectivity index (χ1n) is 5.68. The highest BCUT2D eigenvalue weighted by Gasteiger charge is 2.32. The first kappa shape index (κ1) is 14.0. The van der Waals surface area contributed by atoms with Gasteiger partial charge < -0.3 is 0 Å². The van der Waals surface area contributed by atoms with Crippen molar-refractivity contribution in [1.82, 2.24) is 0 Å². The van der Waals surface area contributed by atoms with Gasteiger partial charge in [-0.05, 0) is 30.3 Å². The molecule has 0 unspecified atom stereocenters. The van der Waals surface area contributed by atoms with Crippen molar-refractivity contribution in [2.45, 2.75) is 6.18 Å². The molecule has 2 rings (SSSR count). The number of nitrogens with one attached hydrogen (secondary N) is 1. The summed E-state index contributed by atoms with van der Waals surface area (Å²) in [5.41, 5.74) is 2.21. The van der Waals surface area contributed by atoms with Gasteiger partial charge in [-0.15, -0.1) is 0 Å². The molecular formula is C14H10F4N2. The Kier molecular flexibility index (Phi) is 4.02. The molecule has 2 aromatic carbocycles. The molecule has 2 aromatic rings. The summed E-state index contributed by atoms with van der Waals surface area (Å²) in [6.07, 6.45) is -3.36. The first-order chi connectivity index (χ1) is 9.47.